The van der Waals surface area contributed by atoms with Gasteiger partial charge in [-0.2, -0.15) is 0 Å². The third kappa shape index (κ3) is 4.21. The predicted octanol–water partition coefficient (Wildman–Crippen LogP) is 2.82. The van der Waals surface area contributed by atoms with E-state index in [0.717, 1.165) is 49.0 Å². The van der Waals surface area contributed by atoms with E-state index in [1.165, 1.54) is 0 Å². The normalized spacial score (nSPS) is 15.2. The van der Waals surface area contributed by atoms with Gasteiger partial charge < -0.3 is 10.2 Å². The molecule has 1 aromatic heterocycles. The lowest BCUT2D eigenvalue weighted by molar-refractivity contribution is 0.135. The van der Waals surface area contributed by atoms with Crippen molar-refractivity contribution < 1.29 is 4.79 Å². The number of rotatable bonds is 5. The lowest BCUT2D eigenvalue weighted by Crippen LogP contribution is -2.51. The molecule has 2 heterocycles. The summed E-state index contributed by atoms with van der Waals surface area (Å²) in [5.74, 6) is 0. The Bertz CT molecular complexity index is 677. The Labute approximate surface area is 146 Å². The van der Waals surface area contributed by atoms with Crippen LogP contribution in [-0.4, -0.2) is 53.5 Å². The standard InChI is InChI=1S/C18H22N4OS/c1-2-8-19-18(23)22-11-9-21(10-12-22)13-16-14-24-17(20-16)15-6-4-3-5-7-15/h2-7,14H,1,8-13H2,(H,19,23). The van der Waals surface area contributed by atoms with Crippen molar-refractivity contribution in [3.63, 3.8) is 0 Å². The first-order valence-electron chi connectivity index (χ1n) is 8.12. The molecule has 3 rings (SSSR count). The van der Waals surface area contributed by atoms with Crippen LogP contribution in [0.3, 0.4) is 0 Å². The van der Waals surface area contributed by atoms with E-state index in [9.17, 15) is 4.79 Å². The summed E-state index contributed by atoms with van der Waals surface area (Å²) in [7, 11) is 0. The molecule has 0 spiro atoms. The van der Waals surface area contributed by atoms with Crippen LogP contribution < -0.4 is 5.32 Å². The fraction of sp³-hybridized carbons (Fsp3) is 0.333. The van der Waals surface area contributed by atoms with E-state index >= 15 is 0 Å². The second-order valence-corrected chi connectivity index (χ2v) is 6.61. The third-order valence-electron chi connectivity index (χ3n) is 4.02. The summed E-state index contributed by atoms with van der Waals surface area (Å²) in [6.45, 7) is 8.21. The zero-order valence-corrected chi connectivity index (χ0v) is 14.5. The number of carbonyl (C=O) groups is 1. The smallest absolute Gasteiger partial charge is 0.317 e. The number of carbonyl (C=O) groups excluding carboxylic acids is 1. The molecule has 1 saturated heterocycles. The second-order valence-electron chi connectivity index (χ2n) is 5.75. The number of benzene rings is 1. The third-order valence-corrected chi connectivity index (χ3v) is 4.96. The Kier molecular flexibility index (Phi) is 5.61. The minimum atomic E-state index is -0.00503. The van der Waals surface area contributed by atoms with E-state index in [0.29, 0.717) is 6.54 Å². The van der Waals surface area contributed by atoms with E-state index in [4.69, 9.17) is 4.98 Å². The van der Waals surface area contributed by atoms with Crippen LogP contribution in [0.1, 0.15) is 5.69 Å². The molecule has 0 bridgehead atoms. The Hall–Kier alpha value is -2.18. The van der Waals surface area contributed by atoms with Gasteiger partial charge in [0.15, 0.2) is 0 Å². The summed E-state index contributed by atoms with van der Waals surface area (Å²) in [5.41, 5.74) is 2.26. The van der Waals surface area contributed by atoms with Crippen molar-refractivity contribution in [2.75, 3.05) is 32.7 Å². The maximum Gasteiger partial charge on any atom is 0.317 e. The number of amides is 2. The fourth-order valence-corrected chi connectivity index (χ4v) is 3.52. The highest BCUT2D eigenvalue weighted by Gasteiger charge is 2.21. The lowest BCUT2D eigenvalue weighted by atomic mass is 10.2. The average Bonchev–Trinajstić information content (AvgIpc) is 3.09. The molecule has 5 nitrogen and oxygen atoms in total. The number of piperazine rings is 1. The van der Waals surface area contributed by atoms with Crippen LogP contribution in [0.15, 0.2) is 48.4 Å². The molecule has 0 unspecified atom stereocenters. The Morgan fingerprint density at radius 1 is 1.25 bits per heavy atom. The molecule has 0 aliphatic carbocycles. The number of thiazole rings is 1. The summed E-state index contributed by atoms with van der Waals surface area (Å²) < 4.78 is 0. The first-order chi connectivity index (χ1) is 11.8. The van der Waals surface area contributed by atoms with Crippen molar-refractivity contribution >= 4 is 17.4 Å². The minimum Gasteiger partial charge on any atom is -0.335 e. The number of aromatic nitrogens is 1. The zero-order valence-electron chi connectivity index (χ0n) is 13.6. The number of hydrogen-bond donors (Lipinski definition) is 1. The first kappa shape index (κ1) is 16.7. The van der Waals surface area contributed by atoms with Crippen LogP contribution in [0.2, 0.25) is 0 Å². The van der Waals surface area contributed by atoms with Crippen molar-refractivity contribution in [2.24, 2.45) is 0 Å². The molecule has 2 aromatic rings. The van der Waals surface area contributed by atoms with Gasteiger partial charge in [-0.15, -0.1) is 17.9 Å². The van der Waals surface area contributed by atoms with Crippen molar-refractivity contribution in [1.29, 1.82) is 0 Å². The van der Waals surface area contributed by atoms with Crippen molar-refractivity contribution in [2.45, 2.75) is 6.54 Å². The maximum atomic E-state index is 11.9. The summed E-state index contributed by atoms with van der Waals surface area (Å²) in [6, 6.07) is 10.3. The Morgan fingerprint density at radius 2 is 2.00 bits per heavy atom. The number of hydrogen-bond acceptors (Lipinski definition) is 4. The topological polar surface area (TPSA) is 48.5 Å². The van der Waals surface area contributed by atoms with Gasteiger partial charge in [-0.3, -0.25) is 4.90 Å². The minimum absolute atomic E-state index is 0.00503. The van der Waals surface area contributed by atoms with E-state index < -0.39 is 0 Å². The van der Waals surface area contributed by atoms with Crippen LogP contribution in [0, 0.1) is 0 Å². The van der Waals surface area contributed by atoms with E-state index in [-0.39, 0.29) is 6.03 Å². The maximum absolute atomic E-state index is 11.9. The van der Waals surface area contributed by atoms with Gasteiger partial charge in [0.1, 0.15) is 5.01 Å². The largest absolute Gasteiger partial charge is 0.335 e. The lowest BCUT2D eigenvalue weighted by Gasteiger charge is -2.34. The van der Waals surface area contributed by atoms with Crippen molar-refractivity contribution in [3.05, 3.63) is 54.1 Å². The summed E-state index contributed by atoms with van der Waals surface area (Å²) in [6.07, 6.45) is 1.70. The molecular formula is C18H22N4OS. The van der Waals surface area contributed by atoms with E-state index in [1.54, 1.807) is 17.4 Å². The molecule has 126 valence electrons. The fourth-order valence-electron chi connectivity index (χ4n) is 2.70. The first-order valence-corrected chi connectivity index (χ1v) is 9.00. The van der Waals surface area contributed by atoms with Gasteiger partial charge in [0.2, 0.25) is 0 Å². The molecule has 2 amide bonds. The van der Waals surface area contributed by atoms with Gasteiger partial charge in [-0.25, -0.2) is 9.78 Å². The second kappa shape index (κ2) is 8.08. The highest BCUT2D eigenvalue weighted by molar-refractivity contribution is 7.13. The molecule has 1 aliphatic rings. The van der Waals surface area contributed by atoms with Gasteiger partial charge in [-0.1, -0.05) is 36.4 Å². The van der Waals surface area contributed by atoms with Crippen molar-refractivity contribution in [1.82, 2.24) is 20.1 Å². The SMILES string of the molecule is C=CCNC(=O)N1CCN(Cc2csc(-c3ccccc3)n2)CC1. The molecule has 0 saturated carbocycles. The monoisotopic (exact) mass is 342 g/mol. The molecule has 1 aliphatic heterocycles. The number of nitrogens with zero attached hydrogens (tertiary/aromatic N) is 3. The highest BCUT2D eigenvalue weighted by Crippen LogP contribution is 2.24. The summed E-state index contributed by atoms with van der Waals surface area (Å²) >= 11 is 1.68. The highest BCUT2D eigenvalue weighted by atomic mass is 32.1. The van der Waals surface area contributed by atoms with E-state index in [2.05, 4.69) is 34.3 Å². The molecular weight excluding hydrogens is 320 g/mol. The van der Waals surface area contributed by atoms with Gasteiger partial charge >= 0.3 is 6.03 Å². The molecule has 0 radical (unpaired) electrons. The van der Waals surface area contributed by atoms with Gasteiger partial charge in [-0.05, 0) is 0 Å². The predicted molar refractivity (Wildman–Crippen MR) is 98.0 cm³/mol. The molecule has 1 fully saturated rings. The quantitative estimate of drug-likeness (QED) is 0.850. The van der Waals surface area contributed by atoms with Crippen LogP contribution >= 0.6 is 11.3 Å². The molecule has 0 atom stereocenters. The van der Waals surface area contributed by atoms with Gasteiger partial charge in [0.25, 0.3) is 0 Å². The summed E-state index contributed by atoms with van der Waals surface area (Å²) in [5, 5.41) is 6.02. The zero-order chi connectivity index (χ0) is 16.8. The molecule has 6 heteroatoms. The summed E-state index contributed by atoms with van der Waals surface area (Å²) in [4.78, 5) is 20.9. The Balaban J connectivity index is 1.51. The van der Waals surface area contributed by atoms with Crippen LogP contribution in [-0.2, 0) is 6.54 Å². The molecule has 24 heavy (non-hydrogen) atoms. The van der Waals surface area contributed by atoms with Crippen LogP contribution in [0.25, 0.3) is 10.6 Å². The average molecular weight is 342 g/mol. The van der Waals surface area contributed by atoms with Crippen LogP contribution in [0.4, 0.5) is 4.79 Å². The number of nitrogens with one attached hydrogen (secondary N) is 1. The van der Waals surface area contributed by atoms with Crippen molar-refractivity contribution in [3.8, 4) is 10.6 Å². The molecule has 1 N–H and O–H groups in total. The van der Waals surface area contributed by atoms with Crippen LogP contribution in [0.5, 0.6) is 0 Å². The molecule has 1 aromatic carbocycles. The number of urea groups is 1. The van der Waals surface area contributed by atoms with Gasteiger partial charge in [0.05, 0.1) is 5.69 Å². The van der Waals surface area contributed by atoms with Gasteiger partial charge in [0, 0.05) is 50.2 Å². The Morgan fingerprint density at radius 3 is 2.71 bits per heavy atom. The van der Waals surface area contributed by atoms with E-state index in [1.807, 2.05) is 23.1 Å².